The molecule has 0 spiro atoms. The molecule has 1 aliphatic carbocycles. The first-order valence-electron chi connectivity index (χ1n) is 17.6. The number of carbonyl (C=O) groups excluding carboxylic acids is 1. The van der Waals surface area contributed by atoms with Gasteiger partial charge in [-0.05, 0) is 62.9 Å². The first kappa shape index (κ1) is 35.8. The second kappa shape index (κ2) is 14.2. The summed E-state index contributed by atoms with van der Waals surface area (Å²) in [6, 6.07) is 20.6. The lowest BCUT2D eigenvalue weighted by atomic mass is 9.90. The summed E-state index contributed by atoms with van der Waals surface area (Å²) in [5.41, 5.74) is 1.06. The van der Waals surface area contributed by atoms with Gasteiger partial charge in [-0.2, -0.15) is 10.4 Å². The van der Waals surface area contributed by atoms with E-state index in [-0.39, 0.29) is 50.8 Å². The van der Waals surface area contributed by atoms with E-state index in [0.29, 0.717) is 57.6 Å². The molecule has 55 heavy (non-hydrogen) atoms. The Kier molecular flexibility index (Phi) is 9.23. The quantitative estimate of drug-likeness (QED) is 0.166. The molecule has 3 atom stereocenters. The molecule has 1 saturated carbocycles. The minimum absolute atomic E-state index is 0.0859. The fourth-order valence-corrected chi connectivity index (χ4v) is 8.68. The number of aliphatic imine (C=N–C) groups is 1. The third-order valence-corrected chi connectivity index (χ3v) is 11.7. The molecule has 8 rings (SSSR count). The summed E-state index contributed by atoms with van der Waals surface area (Å²) in [5.74, 6) is -2.41. The van der Waals surface area contributed by atoms with Gasteiger partial charge in [-0.15, -0.1) is 0 Å². The number of pyridine rings is 1. The van der Waals surface area contributed by atoms with Gasteiger partial charge >= 0.3 is 0 Å². The van der Waals surface area contributed by atoms with Gasteiger partial charge in [0.25, 0.3) is 15.9 Å². The van der Waals surface area contributed by atoms with Crippen molar-refractivity contribution in [1.82, 2.24) is 29.1 Å². The number of fused-ring (bicyclic) bond motifs is 2. The number of carbonyl (C=O) groups is 1. The van der Waals surface area contributed by atoms with Crippen molar-refractivity contribution in [3.63, 3.8) is 0 Å². The summed E-state index contributed by atoms with van der Waals surface area (Å²) in [4.78, 5) is 22.0. The Hall–Kier alpha value is -6.24. The highest BCUT2D eigenvalue weighted by Gasteiger charge is 2.37. The van der Waals surface area contributed by atoms with Crippen molar-refractivity contribution < 1.29 is 26.5 Å². The number of halogens is 3. The molecule has 0 bridgehead atoms. The molecular weight excluding hydrogens is 730 g/mol. The van der Waals surface area contributed by atoms with E-state index in [2.05, 4.69) is 20.6 Å². The molecule has 4 heterocycles. The lowest BCUT2D eigenvalue weighted by Gasteiger charge is -2.36. The number of hydrogen-bond donors (Lipinski definition) is 2. The lowest BCUT2D eigenvalue weighted by Crippen LogP contribution is -2.51. The summed E-state index contributed by atoms with van der Waals surface area (Å²) < 4.78 is 77.9. The van der Waals surface area contributed by atoms with Gasteiger partial charge in [0.05, 0.1) is 10.6 Å². The minimum atomic E-state index is -4.46. The molecule has 1 fully saturated rings. The zero-order valence-corrected chi connectivity index (χ0v) is 30.1. The molecule has 278 valence electrons. The molecule has 2 N–H and O–H groups in total. The molecule has 3 aromatic carbocycles. The summed E-state index contributed by atoms with van der Waals surface area (Å²) >= 11 is 0. The Bertz CT molecular complexity index is 2690. The SMILES string of the molecule is Cc1ccc(S(=O)(=O)n2cc(C3=NC(N[C@@H]4CCC[C@H](NC(=O)c5ccn6ccnc6c5)C4)N(F)C(c4ccccc4)=C3C#N)c3cc(F)cc(F)c32)cc1. The van der Waals surface area contributed by atoms with E-state index in [1.54, 1.807) is 84.5 Å². The van der Waals surface area contributed by atoms with Crippen LogP contribution in [0.4, 0.5) is 13.3 Å². The van der Waals surface area contributed by atoms with Gasteiger partial charge < -0.3 is 9.72 Å². The maximum absolute atomic E-state index is 16.8. The van der Waals surface area contributed by atoms with Gasteiger partial charge in [-0.3, -0.25) is 10.1 Å². The number of rotatable bonds is 8. The average molecular weight is 763 g/mol. The van der Waals surface area contributed by atoms with Crippen molar-refractivity contribution in [2.75, 3.05) is 0 Å². The number of aryl methyl sites for hydroxylation is 1. The lowest BCUT2D eigenvalue weighted by molar-refractivity contribution is 0.0261. The molecule has 15 heteroatoms. The number of imidazole rings is 1. The molecule has 1 aliphatic heterocycles. The van der Waals surface area contributed by atoms with Crippen LogP contribution in [0.1, 0.15) is 52.7 Å². The van der Waals surface area contributed by atoms with Gasteiger partial charge in [0, 0.05) is 65.0 Å². The summed E-state index contributed by atoms with van der Waals surface area (Å²) in [5, 5.41) is 17.0. The zero-order valence-electron chi connectivity index (χ0n) is 29.3. The van der Waals surface area contributed by atoms with Gasteiger partial charge in [0.2, 0.25) is 6.29 Å². The molecule has 1 amide bonds. The number of hydrogen-bond acceptors (Lipinski definition) is 8. The largest absolute Gasteiger partial charge is 0.349 e. The maximum atomic E-state index is 16.8. The van der Waals surface area contributed by atoms with Crippen LogP contribution in [0.5, 0.6) is 0 Å². The van der Waals surface area contributed by atoms with Crippen LogP contribution in [0.15, 0.2) is 119 Å². The van der Waals surface area contributed by atoms with Crippen molar-refractivity contribution >= 4 is 43.9 Å². The van der Waals surface area contributed by atoms with Gasteiger partial charge in [-0.1, -0.05) is 52.5 Å². The number of nitrogens with one attached hydrogen (secondary N) is 2. The van der Waals surface area contributed by atoms with Crippen LogP contribution in [0.2, 0.25) is 0 Å². The number of nitriles is 1. The highest BCUT2D eigenvalue weighted by Crippen LogP contribution is 2.37. The predicted molar refractivity (Wildman–Crippen MR) is 200 cm³/mol. The fourth-order valence-electron chi connectivity index (χ4n) is 7.31. The number of aromatic nitrogens is 3. The molecule has 0 radical (unpaired) electrons. The van der Waals surface area contributed by atoms with E-state index in [1.165, 1.54) is 12.1 Å². The topological polar surface area (TPSA) is 137 Å². The van der Waals surface area contributed by atoms with Crippen molar-refractivity contribution in [2.45, 2.75) is 55.9 Å². The average Bonchev–Trinajstić information content (AvgIpc) is 3.81. The summed E-state index contributed by atoms with van der Waals surface area (Å²) in [7, 11) is -4.46. The minimum Gasteiger partial charge on any atom is -0.349 e. The first-order chi connectivity index (χ1) is 26.5. The molecule has 11 nitrogen and oxygen atoms in total. The second-order valence-electron chi connectivity index (χ2n) is 13.6. The number of allylic oxidation sites excluding steroid dienone is 1. The predicted octanol–water partition coefficient (Wildman–Crippen LogP) is 6.65. The van der Waals surface area contributed by atoms with Crippen LogP contribution in [-0.2, 0) is 10.0 Å². The molecule has 1 unspecified atom stereocenters. The van der Waals surface area contributed by atoms with Crippen LogP contribution in [-0.4, -0.2) is 56.9 Å². The van der Waals surface area contributed by atoms with E-state index in [4.69, 9.17) is 0 Å². The Morgan fingerprint density at radius 2 is 1.75 bits per heavy atom. The molecule has 3 aromatic heterocycles. The van der Waals surface area contributed by atoms with E-state index in [1.807, 2.05) is 6.07 Å². The van der Waals surface area contributed by atoms with Crippen molar-refractivity contribution in [2.24, 2.45) is 4.99 Å². The maximum Gasteiger partial charge on any atom is 0.268 e. The van der Waals surface area contributed by atoms with E-state index in [9.17, 15) is 22.9 Å². The first-order valence-corrected chi connectivity index (χ1v) is 19.0. The highest BCUT2D eigenvalue weighted by molar-refractivity contribution is 7.90. The van der Waals surface area contributed by atoms with Crippen LogP contribution >= 0.6 is 0 Å². The Morgan fingerprint density at radius 3 is 2.51 bits per heavy atom. The van der Waals surface area contributed by atoms with Crippen LogP contribution in [0.25, 0.3) is 22.2 Å². The number of amides is 1. The fraction of sp³-hybridized carbons (Fsp3) is 0.200. The normalized spacial score (nSPS) is 19.1. The Labute approximate surface area is 314 Å². The molecular formula is C40H33F3N8O3S. The third-order valence-electron chi connectivity index (χ3n) is 9.98. The standard InChI is InChI=1S/C40H33F3N8O3S/c1-24-10-12-30(13-11-24)55(53,54)50-23-33(31-19-27(41)20-34(42)38(31)50)36-32(22-44)37(25-6-3-2-4-7-25)51(43)40(48-36)47-29-9-5-8-28(21-29)46-39(52)26-14-16-49-17-15-45-35(49)18-26/h2-4,6-7,10-20,23,28-29,40,47H,5,8-9,21H2,1H3,(H,46,52)/t28-,29+,40?/m0/s1. The van der Waals surface area contributed by atoms with E-state index < -0.39 is 33.5 Å². The molecule has 2 aliphatic rings. The monoisotopic (exact) mass is 762 g/mol. The number of benzene rings is 3. The second-order valence-corrected chi connectivity index (χ2v) is 15.4. The van der Waals surface area contributed by atoms with Gasteiger partial charge in [-0.25, -0.2) is 31.1 Å². The van der Waals surface area contributed by atoms with E-state index in [0.717, 1.165) is 17.8 Å². The number of nitrogens with zero attached hydrogens (tertiary/aromatic N) is 6. The molecule has 6 aromatic rings. The van der Waals surface area contributed by atoms with Crippen LogP contribution in [0, 0.1) is 29.9 Å². The van der Waals surface area contributed by atoms with Crippen molar-refractivity contribution in [3.8, 4) is 6.07 Å². The summed E-state index contributed by atoms with van der Waals surface area (Å²) in [6.45, 7) is 1.79. The van der Waals surface area contributed by atoms with Gasteiger partial charge in [0.15, 0.2) is 5.82 Å². The highest BCUT2D eigenvalue weighted by atomic mass is 32.2. The Balaban J connectivity index is 1.18. The Morgan fingerprint density at radius 1 is 0.982 bits per heavy atom. The smallest absolute Gasteiger partial charge is 0.268 e. The van der Waals surface area contributed by atoms with E-state index >= 15 is 8.87 Å². The summed E-state index contributed by atoms with van der Waals surface area (Å²) in [6.07, 6.45) is 7.24. The van der Waals surface area contributed by atoms with Crippen LogP contribution < -0.4 is 10.6 Å². The zero-order chi connectivity index (χ0) is 38.4. The van der Waals surface area contributed by atoms with Crippen molar-refractivity contribution in [3.05, 3.63) is 143 Å². The van der Waals surface area contributed by atoms with Crippen molar-refractivity contribution in [1.29, 1.82) is 5.26 Å². The van der Waals surface area contributed by atoms with Crippen LogP contribution in [0.3, 0.4) is 0 Å². The molecule has 0 saturated heterocycles. The third kappa shape index (κ3) is 6.64. The van der Waals surface area contributed by atoms with Gasteiger partial charge in [0.1, 0.15) is 34.3 Å².